The number of nitrogens with zero attached hydrogens (tertiary/aromatic N) is 1. The Morgan fingerprint density at radius 3 is 2.80 bits per heavy atom. The Morgan fingerprint density at radius 1 is 1.60 bits per heavy atom. The lowest BCUT2D eigenvalue weighted by Crippen LogP contribution is -2.50. The van der Waals surface area contributed by atoms with E-state index in [9.17, 15) is 0 Å². The lowest BCUT2D eigenvalue weighted by molar-refractivity contribution is 0.0316. The van der Waals surface area contributed by atoms with Gasteiger partial charge < -0.3 is 15.4 Å². The molecule has 0 aromatic heterocycles. The van der Waals surface area contributed by atoms with Gasteiger partial charge in [-0.3, -0.25) is 0 Å². The smallest absolute Gasteiger partial charge is 0.0746 e. The van der Waals surface area contributed by atoms with E-state index in [1.807, 2.05) is 0 Å². The number of hydrogen-bond donors (Lipinski definition) is 1. The molecule has 1 saturated heterocycles. The van der Waals surface area contributed by atoms with Gasteiger partial charge in [0.15, 0.2) is 0 Å². The van der Waals surface area contributed by atoms with Gasteiger partial charge >= 0.3 is 0 Å². The zero-order valence-electron chi connectivity index (χ0n) is 6.71. The molecule has 0 aromatic rings. The number of likely N-dealkylation sites (N-methyl/N-ethyl adjacent to an activating group) is 1. The summed E-state index contributed by atoms with van der Waals surface area (Å²) in [6.45, 7) is 2.06. The van der Waals surface area contributed by atoms with Crippen LogP contribution in [-0.4, -0.2) is 44.3 Å². The van der Waals surface area contributed by atoms with E-state index in [4.69, 9.17) is 10.5 Å². The molecule has 0 radical (unpaired) electrons. The summed E-state index contributed by atoms with van der Waals surface area (Å²) in [6, 6.07) is 0.198. The Balaban J connectivity index is 2.36. The minimum absolute atomic E-state index is 0.198. The van der Waals surface area contributed by atoms with Gasteiger partial charge in [0.2, 0.25) is 0 Å². The molecule has 0 spiro atoms. The molecule has 0 unspecified atom stereocenters. The predicted molar refractivity (Wildman–Crippen MR) is 40.9 cm³/mol. The van der Waals surface area contributed by atoms with E-state index in [-0.39, 0.29) is 12.1 Å². The molecular formula is C7H16N2O. The third kappa shape index (κ3) is 1.68. The molecule has 2 atom stereocenters. The van der Waals surface area contributed by atoms with Crippen molar-refractivity contribution in [2.75, 3.05) is 27.2 Å². The van der Waals surface area contributed by atoms with Gasteiger partial charge in [-0.2, -0.15) is 0 Å². The molecule has 1 heterocycles. The summed E-state index contributed by atoms with van der Waals surface area (Å²) in [5, 5.41) is 0. The van der Waals surface area contributed by atoms with E-state index < -0.39 is 0 Å². The van der Waals surface area contributed by atoms with Crippen molar-refractivity contribution < 1.29 is 4.74 Å². The number of likely N-dealkylation sites (tertiary alicyclic amines) is 1. The number of nitrogens with two attached hydrogens (primary N) is 1. The van der Waals surface area contributed by atoms with Gasteiger partial charge in [0.1, 0.15) is 0 Å². The predicted octanol–water partition coefficient (Wildman–Crippen LogP) is -0.336. The first kappa shape index (κ1) is 7.98. The van der Waals surface area contributed by atoms with Crippen LogP contribution in [0.3, 0.4) is 0 Å². The highest BCUT2D eigenvalue weighted by atomic mass is 16.5. The standard InChI is InChI=1S/C7H16N2O/c1-9-4-3-7(10-2)6(8)5-9/h6-7H,3-5,8H2,1-2H3/t6-,7+/m1/s1. The van der Waals surface area contributed by atoms with E-state index in [0.29, 0.717) is 0 Å². The summed E-state index contributed by atoms with van der Waals surface area (Å²) in [6.07, 6.45) is 1.34. The minimum Gasteiger partial charge on any atom is -0.380 e. The summed E-state index contributed by atoms with van der Waals surface area (Å²) >= 11 is 0. The van der Waals surface area contributed by atoms with Crippen molar-refractivity contribution in [1.82, 2.24) is 4.90 Å². The summed E-state index contributed by atoms with van der Waals surface area (Å²) in [5.74, 6) is 0. The maximum Gasteiger partial charge on any atom is 0.0746 e. The van der Waals surface area contributed by atoms with Crippen LogP contribution in [-0.2, 0) is 4.74 Å². The zero-order chi connectivity index (χ0) is 7.56. The molecule has 0 amide bonds. The Labute approximate surface area is 62.1 Å². The van der Waals surface area contributed by atoms with E-state index in [2.05, 4.69) is 11.9 Å². The van der Waals surface area contributed by atoms with E-state index in [0.717, 1.165) is 19.5 Å². The van der Waals surface area contributed by atoms with Crippen molar-refractivity contribution in [2.45, 2.75) is 18.6 Å². The van der Waals surface area contributed by atoms with Crippen molar-refractivity contribution in [2.24, 2.45) is 5.73 Å². The molecule has 1 aliphatic heterocycles. The fourth-order valence-corrected chi connectivity index (χ4v) is 1.42. The summed E-state index contributed by atoms with van der Waals surface area (Å²) in [7, 11) is 3.82. The maximum absolute atomic E-state index is 5.81. The molecule has 1 rings (SSSR count). The molecule has 0 saturated carbocycles. The van der Waals surface area contributed by atoms with E-state index in [1.165, 1.54) is 0 Å². The normalized spacial score (nSPS) is 36.3. The monoisotopic (exact) mass is 144 g/mol. The van der Waals surface area contributed by atoms with Gasteiger partial charge in [0.05, 0.1) is 6.10 Å². The first-order chi connectivity index (χ1) is 4.74. The molecule has 1 fully saturated rings. The molecule has 1 aliphatic rings. The highest BCUT2D eigenvalue weighted by molar-refractivity contribution is 4.81. The number of piperidine rings is 1. The maximum atomic E-state index is 5.81. The van der Waals surface area contributed by atoms with Gasteiger partial charge in [-0.25, -0.2) is 0 Å². The molecular weight excluding hydrogens is 128 g/mol. The van der Waals surface area contributed by atoms with Crippen LogP contribution in [0.15, 0.2) is 0 Å². The average Bonchev–Trinajstić information content (AvgIpc) is 1.88. The van der Waals surface area contributed by atoms with E-state index in [1.54, 1.807) is 7.11 Å². The molecule has 0 aromatic carbocycles. The van der Waals surface area contributed by atoms with Crippen LogP contribution in [0.1, 0.15) is 6.42 Å². The van der Waals surface area contributed by atoms with Crippen LogP contribution in [0, 0.1) is 0 Å². The van der Waals surface area contributed by atoms with Crippen LogP contribution in [0.4, 0.5) is 0 Å². The van der Waals surface area contributed by atoms with Gasteiger partial charge in [-0.1, -0.05) is 0 Å². The second kappa shape index (κ2) is 3.32. The lowest BCUT2D eigenvalue weighted by atomic mass is 10.0. The Hall–Kier alpha value is -0.120. The van der Waals surface area contributed by atoms with E-state index >= 15 is 0 Å². The average molecular weight is 144 g/mol. The van der Waals surface area contributed by atoms with Gasteiger partial charge in [-0.15, -0.1) is 0 Å². The first-order valence-corrected chi connectivity index (χ1v) is 3.71. The van der Waals surface area contributed by atoms with Crippen molar-refractivity contribution in [3.63, 3.8) is 0 Å². The Bertz CT molecular complexity index is 108. The SMILES string of the molecule is CO[C@H]1CCN(C)C[C@H]1N. The Kier molecular flexibility index (Phi) is 2.65. The largest absolute Gasteiger partial charge is 0.380 e. The highest BCUT2D eigenvalue weighted by Gasteiger charge is 2.23. The summed E-state index contributed by atoms with van der Waals surface area (Å²) in [4.78, 5) is 2.24. The topological polar surface area (TPSA) is 38.5 Å². The molecule has 2 N–H and O–H groups in total. The summed E-state index contributed by atoms with van der Waals surface area (Å²) < 4.78 is 5.20. The van der Waals surface area contributed by atoms with Crippen LogP contribution in [0.25, 0.3) is 0 Å². The van der Waals surface area contributed by atoms with Crippen LogP contribution < -0.4 is 5.73 Å². The molecule has 0 aliphatic carbocycles. The van der Waals surface area contributed by atoms with Gasteiger partial charge in [0, 0.05) is 26.2 Å². The third-order valence-corrected chi connectivity index (χ3v) is 2.10. The molecule has 10 heavy (non-hydrogen) atoms. The third-order valence-electron chi connectivity index (χ3n) is 2.10. The molecule has 3 nitrogen and oxygen atoms in total. The Morgan fingerprint density at radius 2 is 2.30 bits per heavy atom. The fraction of sp³-hybridized carbons (Fsp3) is 1.00. The first-order valence-electron chi connectivity index (χ1n) is 3.71. The lowest BCUT2D eigenvalue weighted by Gasteiger charge is -2.33. The van der Waals surface area contributed by atoms with Gasteiger partial charge in [0.25, 0.3) is 0 Å². The summed E-state index contributed by atoms with van der Waals surface area (Å²) in [5.41, 5.74) is 5.81. The number of methoxy groups -OCH3 is 1. The number of rotatable bonds is 1. The second-order valence-electron chi connectivity index (χ2n) is 2.99. The van der Waals surface area contributed by atoms with Crippen molar-refractivity contribution in [3.8, 4) is 0 Å². The highest BCUT2D eigenvalue weighted by Crippen LogP contribution is 2.09. The molecule has 0 bridgehead atoms. The molecule has 60 valence electrons. The second-order valence-corrected chi connectivity index (χ2v) is 2.99. The van der Waals surface area contributed by atoms with Crippen LogP contribution in [0.2, 0.25) is 0 Å². The van der Waals surface area contributed by atoms with Crippen molar-refractivity contribution in [3.05, 3.63) is 0 Å². The fourth-order valence-electron chi connectivity index (χ4n) is 1.42. The number of hydrogen-bond acceptors (Lipinski definition) is 3. The van der Waals surface area contributed by atoms with Crippen LogP contribution in [0.5, 0.6) is 0 Å². The van der Waals surface area contributed by atoms with Crippen LogP contribution >= 0.6 is 0 Å². The quantitative estimate of drug-likeness (QED) is 0.547. The molecule has 3 heteroatoms. The van der Waals surface area contributed by atoms with Crippen molar-refractivity contribution >= 4 is 0 Å². The minimum atomic E-state index is 0.198. The zero-order valence-corrected chi connectivity index (χ0v) is 6.71. The van der Waals surface area contributed by atoms with Crippen molar-refractivity contribution in [1.29, 1.82) is 0 Å². The van der Waals surface area contributed by atoms with Gasteiger partial charge in [-0.05, 0) is 13.5 Å². The number of ether oxygens (including phenoxy) is 1.